The first-order chi connectivity index (χ1) is 10.4. The van der Waals surface area contributed by atoms with E-state index in [-0.39, 0.29) is 27.3 Å². The van der Waals surface area contributed by atoms with Gasteiger partial charge in [-0.3, -0.25) is 4.98 Å². The Balaban J connectivity index is 0.000000849. The molecule has 8 heteroatoms. The number of halogens is 5. The zero-order valence-electron chi connectivity index (χ0n) is 11.8. The van der Waals surface area contributed by atoms with Gasteiger partial charge < -0.3 is 11.5 Å². The molecule has 0 saturated carbocycles. The normalized spacial score (nSPS) is 11.1. The van der Waals surface area contributed by atoms with Crippen LogP contribution in [-0.4, -0.2) is 15.7 Å². The Kier molecular flexibility index (Phi) is 6.94. The number of nitrogens with zero attached hydrogens (tertiary/aromatic N) is 2. The molecule has 1 aromatic carbocycles. The van der Waals surface area contributed by atoms with E-state index in [0.717, 1.165) is 9.04 Å². The van der Waals surface area contributed by atoms with E-state index in [9.17, 15) is 13.2 Å². The number of fused-ring (bicyclic) bond motifs is 3. The van der Waals surface area contributed by atoms with Crippen LogP contribution in [0.15, 0.2) is 28.9 Å². The van der Waals surface area contributed by atoms with E-state index >= 15 is 0 Å². The van der Waals surface area contributed by atoms with Gasteiger partial charge in [0.1, 0.15) is 6.54 Å². The Labute approximate surface area is 155 Å². The second-order valence-electron chi connectivity index (χ2n) is 4.28. The smallest absolute Gasteiger partial charge is 0.409 e. The summed E-state index contributed by atoms with van der Waals surface area (Å²) in [5.74, 6) is 0. The standard InChI is InChI=1S/C13H6BrClF3N2.C2H5.Co/c14-7-1-2-10-8(5-7)11-12(9(15)3-4-19-11)20(10)6-13(16,17)18;1-2;/h1-2,4-5H,6H2;1H2,2H3;/q2*-1;+2. The van der Waals surface area contributed by atoms with Gasteiger partial charge in [-0.25, -0.2) is 6.07 Å². The summed E-state index contributed by atoms with van der Waals surface area (Å²) in [6.45, 7) is 3.88. The third-order valence-corrected chi connectivity index (χ3v) is 3.71. The third kappa shape index (κ3) is 4.20. The molecule has 1 radical (unpaired) electrons. The average molecular weight is 451 g/mol. The molecule has 0 bridgehead atoms. The van der Waals surface area contributed by atoms with Gasteiger partial charge in [0.05, 0.1) is 0 Å². The van der Waals surface area contributed by atoms with Crippen LogP contribution in [0.2, 0.25) is 5.02 Å². The van der Waals surface area contributed by atoms with Crippen molar-refractivity contribution < 1.29 is 30.0 Å². The van der Waals surface area contributed by atoms with Gasteiger partial charge in [0, 0.05) is 20.9 Å². The minimum atomic E-state index is -4.34. The summed E-state index contributed by atoms with van der Waals surface area (Å²) in [6.07, 6.45) is -2.98. The van der Waals surface area contributed by atoms with Crippen molar-refractivity contribution in [2.75, 3.05) is 0 Å². The largest absolute Gasteiger partial charge is 2.00 e. The number of hydrogen-bond acceptors (Lipinski definition) is 1. The second kappa shape index (κ2) is 7.87. The molecule has 2 nitrogen and oxygen atoms in total. The monoisotopic (exact) mass is 449 g/mol. The van der Waals surface area contributed by atoms with Crippen LogP contribution in [0, 0.1) is 13.0 Å². The van der Waals surface area contributed by atoms with Crippen molar-refractivity contribution in [2.45, 2.75) is 19.6 Å². The number of benzene rings is 1. The predicted molar refractivity (Wildman–Crippen MR) is 85.9 cm³/mol. The van der Waals surface area contributed by atoms with Crippen LogP contribution in [0.5, 0.6) is 0 Å². The zero-order valence-corrected chi connectivity index (χ0v) is 15.2. The van der Waals surface area contributed by atoms with Gasteiger partial charge in [0.15, 0.2) is 0 Å². The van der Waals surface area contributed by atoms with Gasteiger partial charge in [-0.05, 0) is 18.2 Å². The van der Waals surface area contributed by atoms with E-state index in [1.54, 1.807) is 25.1 Å². The molecule has 0 aliphatic heterocycles. The number of alkyl halides is 3. The molecule has 2 aromatic heterocycles. The number of rotatable bonds is 1. The maximum atomic E-state index is 12.8. The summed E-state index contributed by atoms with van der Waals surface area (Å²) in [7, 11) is 0. The molecule has 0 atom stereocenters. The fourth-order valence-electron chi connectivity index (χ4n) is 2.23. The van der Waals surface area contributed by atoms with E-state index in [1.807, 2.05) is 0 Å². The molecule has 0 saturated heterocycles. The van der Waals surface area contributed by atoms with E-state index in [4.69, 9.17) is 11.6 Å². The first-order valence-electron chi connectivity index (χ1n) is 6.28. The maximum absolute atomic E-state index is 12.8. The molecule has 0 unspecified atom stereocenters. The summed E-state index contributed by atoms with van der Waals surface area (Å²) in [4.78, 5) is 4.11. The minimum Gasteiger partial charge on any atom is -0.409 e. The summed E-state index contributed by atoms with van der Waals surface area (Å²) in [5.41, 5.74) is 1.13. The van der Waals surface area contributed by atoms with Crippen LogP contribution in [0.1, 0.15) is 6.92 Å². The van der Waals surface area contributed by atoms with Crippen molar-refractivity contribution in [3.8, 4) is 0 Å². The Morgan fingerprint density at radius 2 is 2.00 bits per heavy atom. The van der Waals surface area contributed by atoms with Crippen molar-refractivity contribution in [1.29, 1.82) is 0 Å². The molecular weight excluding hydrogens is 439 g/mol. The van der Waals surface area contributed by atoms with Crippen LogP contribution in [0.3, 0.4) is 0 Å². The Morgan fingerprint density at radius 1 is 1.35 bits per heavy atom. The van der Waals surface area contributed by atoms with Crippen molar-refractivity contribution in [1.82, 2.24) is 9.55 Å². The summed E-state index contributed by atoms with van der Waals surface area (Å²) in [6, 6.07) is 7.66. The van der Waals surface area contributed by atoms with Crippen LogP contribution in [0.4, 0.5) is 13.2 Å². The fourth-order valence-corrected chi connectivity index (χ4v) is 2.83. The second-order valence-corrected chi connectivity index (χ2v) is 5.57. The fraction of sp³-hybridized carbons (Fsp3) is 0.200. The molecule has 23 heavy (non-hydrogen) atoms. The molecule has 0 fully saturated rings. The molecule has 0 spiro atoms. The first kappa shape index (κ1) is 20.3. The van der Waals surface area contributed by atoms with Crippen molar-refractivity contribution >= 4 is 49.5 Å². The molecule has 0 N–H and O–H groups in total. The van der Waals surface area contributed by atoms with Gasteiger partial charge >= 0.3 is 23.0 Å². The molecule has 3 aromatic rings. The van der Waals surface area contributed by atoms with Gasteiger partial charge in [0.2, 0.25) is 0 Å². The topological polar surface area (TPSA) is 17.8 Å². The van der Waals surface area contributed by atoms with Gasteiger partial charge in [0.25, 0.3) is 0 Å². The molecule has 0 aliphatic carbocycles. The van der Waals surface area contributed by atoms with E-state index in [1.165, 1.54) is 6.20 Å². The van der Waals surface area contributed by atoms with Crippen LogP contribution in [0.25, 0.3) is 21.9 Å². The van der Waals surface area contributed by atoms with E-state index in [0.29, 0.717) is 16.4 Å². The predicted octanol–water partition coefficient (Wildman–Crippen LogP) is 5.81. The van der Waals surface area contributed by atoms with Crippen molar-refractivity contribution in [2.24, 2.45) is 0 Å². The molecule has 2 heterocycles. The number of aromatic nitrogens is 2. The Bertz CT molecular complexity index is 818. The Hall–Kier alpha value is -0.764. The van der Waals surface area contributed by atoms with Gasteiger partial charge in [-0.15, -0.1) is 16.6 Å². The molecule has 0 amide bonds. The molecule has 0 aliphatic rings. The summed E-state index contributed by atoms with van der Waals surface area (Å²) >= 11 is 9.31. The van der Waals surface area contributed by atoms with Gasteiger partial charge in [-0.2, -0.15) is 20.1 Å². The van der Waals surface area contributed by atoms with E-state index in [2.05, 4.69) is 33.9 Å². The summed E-state index contributed by atoms with van der Waals surface area (Å²) < 4.78 is 40.2. The quantitative estimate of drug-likeness (QED) is 0.428. The first-order valence-corrected chi connectivity index (χ1v) is 7.45. The zero-order chi connectivity index (χ0) is 16.5. The number of hydrogen-bond donors (Lipinski definition) is 0. The van der Waals surface area contributed by atoms with Crippen LogP contribution >= 0.6 is 27.5 Å². The molecular formula is C15H11BrClCoF3N2. The summed E-state index contributed by atoms with van der Waals surface area (Å²) in [5, 5.41) is 0.751. The van der Waals surface area contributed by atoms with Crippen molar-refractivity contribution in [3.05, 3.63) is 46.9 Å². The molecule has 125 valence electrons. The minimum absolute atomic E-state index is 0. The van der Waals surface area contributed by atoms with Crippen molar-refractivity contribution in [3.63, 3.8) is 0 Å². The molecule has 3 rings (SSSR count). The number of pyridine rings is 1. The maximum Gasteiger partial charge on any atom is 2.00 e. The van der Waals surface area contributed by atoms with E-state index < -0.39 is 12.7 Å². The van der Waals surface area contributed by atoms with Crippen LogP contribution in [-0.2, 0) is 23.3 Å². The van der Waals surface area contributed by atoms with Gasteiger partial charge in [-0.1, -0.05) is 27.6 Å². The van der Waals surface area contributed by atoms with Crippen LogP contribution < -0.4 is 0 Å². The Morgan fingerprint density at radius 3 is 2.61 bits per heavy atom. The third-order valence-electron chi connectivity index (χ3n) is 2.93. The average Bonchev–Trinajstić information content (AvgIpc) is 2.74. The SMILES string of the molecule is FC(F)(F)Cn1c2ccc(Br)cc2c2nc[c-]c(Cl)c21.[CH2-]C.[Co+2].